The number of ether oxygens (including phenoxy) is 1. The van der Waals surface area contributed by atoms with Crippen LogP contribution in [-0.4, -0.2) is 16.1 Å². The van der Waals surface area contributed by atoms with E-state index in [9.17, 15) is 4.79 Å². The number of fused-ring (bicyclic) bond motifs is 1. The lowest BCUT2D eigenvalue weighted by molar-refractivity contribution is 0.0475. The third-order valence-electron chi connectivity index (χ3n) is 3.89. The number of benzene rings is 1. The van der Waals surface area contributed by atoms with E-state index in [0.717, 1.165) is 5.56 Å². The average Bonchev–Trinajstić information content (AvgIpc) is 3.31. The van der Waals surface area contributed by atoms with E-state index >= 15 is 0 Å². The molecule has 0 aliphatic carbocycles. The molecule has 3 heterocycles. The second-order valence-corrected chi connectivity index (χ2v) is 6.12. The van der Waals surface area contributed by atoms with Crippen LogP contribution in [0.1, 0.15) is 21.6 Å². The summed E-state index contributed by atoms with van der Waals surface area (Å²) in [5.74, 6) is 0.0270. The van der Waals surface area contributed by atoms with Crippen molar-refractivity contribution in [1.82, 2.24) is 10.1 Å². The molecule has 7 heteroatoms. The summed E-state index contributed by atoms with van der Waals surface area (Å²) in [7, 11) is 0. The van der Waals surface area contributed by atoms with Gasteiger partial charge in [-0.05, 0) is 42.8 Å². The van der Waals surface area contributed by atoms with Crippen molar-refractivity contribution < 1.29 is 18.5 Å². The standard InChI is InChI=1S/C19H13ClN2O4/c1-11-17-14(19(23)25-10-12-4-6-13(20)7-5-12)9-15(16-3-2-8-24-16)21-18(17)26-22-11/h2-9H,10H2,1H3. The smallest absolute Gasteiger partial charge is 0.339 e. The predicted octanol–water partition coefficient (Wildman–Crippen LogP) is 4.80. The molecule has 4 rings (SSSR count). The number of furan rings is 1. The summed E-state index contributed by atoms with van der Waals surface area (Å²) in [6, 6.07) is 12.2. The summed E-state index contributed by atoms with van der Waals surface area (Å²) < 4.78 is 16.0. The molecule has 0 saturated carbocycles. The molecule has 0 atom stereocenters. The Kier molecular flexibility index (Phi) is 4.18. The number of carbonyl (C=O) groups is 1. The molecule has 0 saturated heterocycles. The quantitative estimate of drug-likeness (QED) is 0.481. The van der Waals surface area contributed by atoms with Crippen molar-refractivity contribution in [3.05, 3.63) is 70.6 Å². The molecule has 26 heavy (non-hydrogen) atoms. The van der Waals surface area contributed by atoms with Crippen molar-refractivity contribution in [3.8, 4) is 11.5 Å². The van der Waals surface area contributed by atoms with Crippen molar-refractivity contribution in [1.29, 1.82) is 0 Å². The molecule has 4 aromatic rings. The molecule has 0 bridgehead atoms. The fourth-order valence-electron chi connectivity index (χ4n) is 2.61. The van der Waals surface area contributed by atoms with Gasteiger partial charge in [0.1, 0.15) is 12.3 Å². The van der Waals surface area contributed by atoms with Gasteiger partial charge in [-0.2, -0.15) is 0 Å². The summed E-state index contributed by atoms with van der Waals surface area (Å²) in [5, 5.41) is 5.05. The van der Waals surface area contributed by atoms with Gasteiger partial charge in [-0.15, -0.1) is 0 Å². The maximum Gasteiger partial charge on any atom is 0.339 e. The summed E-state index contributed by atoms with van der Waals surface area (Å²) in [5.41, 5.74) is 2.46. The van der Waals surface area contributed by atoms with E-state index in [1.54, 1.807) is 49.4 Å². The molecule has 0 N–H and O–H groups in total. The minimum atomic E-state index is -0.494. The number of carbonyl (C=O) groups excluding carboxylic acids is 1. The zero-order valence-corrected chi connectivity index (χ0v) is 14.5. The van der Waals surface area contributed by atoms with Gasteiger partial charge in [0.25, 0.3) is 5.71 Å². The Bertz CT molecular complexity index is 1070. The molecule has 0 amide bonds. The maximum absolute atomic E-state index is 12.7. The molecular formula is C19H13ClN2O4. The highest BCUT2D eigenvalue weighted by molar-refractivity contribution is 6.30. The van der Waals surface area contributed by atoms with Gasteiger partial charge in [0, 0.05) is 5.02 Å². The number of hydrogen-bond acceptors (Lipinski definition) is 6. The topological polar surface area (TPSA) is 78.4 Å². The number of nitrogens with zero attached hydrogens (tertiary/aromatic N) is 2. The van der Waals surface area contributed by atoms with Crippen LogP contribution in [-0.2, 0) is 11.3 Å². The van der Waals surface area contributed by atoms with E-state index in [1.165, 1.54) is 6.26 Å². The van der Waals surface area contributed by atoms with Crippen LogP contribution in [0.4, 0.5) is 0 Å². The van der Waals surface area contributed by atoms with Crippen molar-refractivity contribution in [2.45, 2.75) is 13.5 Å². The number of hydrogen-bond donors (Lipinski definition) is 0. The monoisotopic (exact) mass is 368 g/mol. The molecule has 0 unspecified atom stereocenters. The number of aryl methyl sites for hydroxylation is 1. The number of rotatable bonds is 4. The first-order chi connectivity index (χ1) is 12.6. The van der Waals surface area contributed by atoms with Gasteiger partial charge in [0.2, 0.25) is 0 Å². The Morgan fingerprint density at radius 3 is 2.77 bits per heavy atom. The second-order valence-electron chi connectivity index (χ2n) is 5.68. The van der Waals surface area contributed by atoms with E-state index in [2.05, 4.69) is 10.1 Å². The number of esters is 1. The highest BCUT2D eigenvalue weighted by Crippen LogP contribution is 2.28. The minimum Gasteiger partial charge on any atom is -0.463 e. The lowest BCUT2D eigenvalue weighted by Crippen LogP contribution is -2.07. The second kappa shape index (κ2) is 6.65. The van der Waals surface area contributed by atoms with E-state index in [-0.39, 0.29) is 12.3 Å². The van der Waals surface area contributed by atoms with Crippen molar-refractivity contribution in [3.63, 3.8) is 0 Å². The Hall–Kier alpha value is -3.12. The molecule has 130 valence electrons. The zero-order valence-electron chi connectivity index (χ0n) is 13.7. The summed E-state index contributed by atoms with van der Waals surface area (Å²) in [4.78, 5) is 17.1. The van der Waals surface area contributed by atoms with E-state index in [0.29, 0.717) is 33.1 Å². The number of halogens is 1. The van der Waals surface area contributed by atoms with Crippen LogP contribution in [0.2, 0.25) is 5.02 Å². The fraction of sp³-hybridized carbons (Fsp3) is 0.105. The Morgan fingerprint density at radius 2 is 2.04 bits per heavy atom. The molecule has 1 aromatic carbocycles. The maximum atomic E-state index is 12.7. The predicted molar refractivity (Wildman–Crippen MR) is 94.8 cm³/mol. The molecule has 3 aromatic heterocycles. The van der Waals surface area contributed by atoms with Gasteiger partial charge in [-0.1, -0.05) is 28.9 Å². The highest BCUT2D eigenvalue weighted by atomic mass is 35.5. The molecule has 0 fully saturated rings. The Morgan fingerprint density at radius 1 is 1.23 bits per heavy atom. The first-order valence-corrected chi connectivity index (χ1v) is 8.22. The first kappa shape index (κ1) is 16.4. The number of pyridine rings is 1. The van der Waals surface area contributed by atoms with Crippen LogP contribution in [0.3, 0.4) is 0 Å². The van der Waals surface area contributed by atoms with Crippen LogP contribution in [0, 0.1) is 6.92 Å². The highest BCUT2D eigenvalue weighted by Gasteiger charge is 2.21. The number of aromatic nitrogens is 2. The average molecular weight is 369 g/mol. The summed E-state index contributed by atoms with van der Waals surface area (Å²) >= 11 is 5.87. The normalized spacial score (nSPS) is 11.0. The van der Waals surface area contributed by atoms with Crippen LogP contribution >= 0.6 is 11.6 Å². The lowest BCUT2D eigenvalue weighted by atomic mass is 10.1. The molecule has 0 spiro atoms. The van der Waals surface area contributed by atoms with Crippen molar-refractivity contribution in [2.75, 3.05) is 0 Å². The minimum absolute atomic E-state index is 0.125. The van der Waals surface area contributed by atoms with Gasteiger partial charge in [0.05, 0.1) is 22.9 Å². The van der Waals surface area contributed by atoms with Gasteiger partial charge in [-0.25, -0.2) is 9.78 Å². The van der Waals surface area contributed by atoms with Crippen LogP contribution < -0.4 is 0 Å². The van der Waals surface area contributed by atoms with Crippen molar-refractivity contribution in [2.24, 2.45) is 0 Å². The zero-order chi connectivity index (χ0) is 18.1. The van der Waals surface area contributed by atoms with Crippen LogP contribution in [0.15, 0.2) is 57.7 Å². The van der Waals surface area contributed by atoms with Gasteiger partial charge in [0.15, 0.2) is 5.76 Å². The van der Waals surface area contributed by atoms with Gasteiger partial charge >= 0.3 is 5.97 Å². The lowest BCUT2D eigenvalue weighted by Gasteiger charge is -2.07. The third-order valence-corrected chi connectivity index (χ3v) is 4.15. The summed E-state index contributed by atoms with van der Waals surface area (Å²) in [6.45, 7) is 1.87. The third kappa shape index (κ3) is 3.07. The largest absolute Gasteiger partial charge is 0.463 e. The summed E-state index contributed by atoms with van der Waals surface area (Å²) in [6.07, 6.45) is 1.53. The molecule has 0 aliphatic heterocycles. The Labute approximate surface area is 153 Å². The van der Waals surface area contributed by atoms with Crippen LogP contribution in [0.25, 0.3) is 22.6 Å². The fourth-order valence-corrected chi connectivity index (χ4v) is 2.74. The SMILES string of the molecule is Cc1noc2nc(-c3ccco3)cc(C(=O)OCc3ccc(Cl)cc3)c12. The van der Waals surface area contributed by atoms with E-state index in [4.69, 9.17) is 25.3 Å². The molecule has 6 nitrogen and oxygen atoms in total. The molecule has 0 radical (unpaired) electrons. The van der Waals surface area contributed by atoms with Crippen molar-refractivity contribution >= 4 is 28.7 Å². The Balaban J connectivity index is 1.68. The molecular weight excluding hydrogens is 356 g/mol. The van der Waals surface area contributed by atoms with Gasteiger partial charge in [-0.3, -0.25) is 0 Å². The van der Waals surface area contributed by atoms with E-state index < -0.39 is 5.97 Å². The first-order valence-electron chi connectivity index (χ1n) is 7.84. The molecule has 0 aliphatic rings. The van der Waals surface area contributed by atoms with E-state index in [1.807, 2.05) is 0 Å². The van der Waals surface area contributed by atoms with Crippen LogP contribution in [0.5, 0.6) is 0 Å². The van der Waals surface area contributed by atoms with Gasteiger partial charge < -0.3 is 13.7 Å².